The lowest BCUT2D eigenvalue weighted by Crippen LogP contribution is -2.46. The van der Waals surface area contributed by atoms with Crippen LogP contribution in [-0.4, -0.2) is 38.8 Å². The van der Waals surface area contributed by atoms with Gasteiger partial charge in [0, 0.05) is 13.0 Å². The topological polar surface area (TPSA) is 36.9 Å². The third-order valence-corrected chi connectivity index (χ3v) is 4.42. The molecule has 1 heterocycles. The van der Waals surface area contributed by atoms with Crippen molar-refractivity contribution in [3.8, 4) is 12.5 Å². The molecule has 116 valence electrons. The predicted octanol–water partition coefficient (Wildman–Crippen LogP) is 2.67. The molecule has 0 radical (unpaired) electrons. The SMILES string of the molecule is C#COC(COC)COC1OC(CC)C(C)C(C)C1C. The molecule has 0 aromatic carbocycles. The van der Waals surface area contributed by atoms with Gasteiger partial charge in [-0.15, -0.1) is 0 Å². The molecule has 0 saturated carbocycles. The molecule has 0 amide bonds. The first-order chi connectivity index (χ1) is 9.54. The maximum Gasteiger partial charge on any atom is 0.160 e. The van der Waals surface area contributed by atoms with Crippen LogP contribution in [0.15, 0.2) is 0 Å². The number of methoxy groups -OCH3 is 1. The molecule has 1 aliphatic rings. The van der Waals surface area contributed by atoms with Crippen LogP contribution in [0.2, 0.25) is 0 Å². The average molecular weight is 284 g/mol. The molecule has 0 aliphatic carbocycles. The summed E-state index contributed by atoms with van der Waals surface area (Å²) in [6.07, 6.45) is 8.15. The van der Waals surface area contributed by atoms with Gasteiger partial charge in [-0.3, -0.25) is 0 Å². The van der Waals surface area contributed by atoms with Crippen LogP contribution in [0.25, 0.3) is 0 Å². The van der Waals surface area contributed by atoms with Gasteiger partial charge in [0.2, 0.25) is 0 Å². The lowest BCUT2D eigenvalue weighted by atomic mass is 9.78. The van der Waals surface area contributed by atoms with E-state index in [0.717, 1.165) is 6.42 Å². The predicted molar refractivity (Wildman–Crippen MR) is 78.0 cm³/mol. The number of terminal acetylenes is 1. The van der Waals surface area contributed by atoms with Crippen LogP contribution in [0.5, 0.6) is 0 Å². The average Bonchev–Trinajstić information content (AvgIpc) is 2.44. The first-order valence-electron chi connectivity index (χ1n) is 7.42. The molecule has 6 unspecified atom stereocenters. The standard InChI is InChI=1S/C16H28O4/c1-7-15-12(4)11(3)13(5)16(20-15)19-10-14(9-17-6)18-8-2/h2,11-16H,7,9-10H2,1,3-6H3. The van der Waals surface area contributed by atoms with Gasteiger partial charge in [0.05, 0.1) is 19.3 Å². The summed E-state index contributed by atoms with van der Waals surface area (Å²) < 4.78 is 22.2. The summed E-state index contributed by atoms with van der Waals surface area (Å²) in [5.74, 6) is 1.46. The second-order valence-electron chi connectivity index (χ2n) is 5.67. The van der Waals surface area contributed by atoms with Gasteiger partial charge in [-0.25, -0.2) is 0 Å². The van der Waals surface area contributed by atoms with Crippen molar-refractivity contribution in [2.75, 3.05) is 20.3 Å². The summed E-state index contributed by atoms with van der Waals surface area (Å²) in [7, 11) is 1.61. The highest BCUT2D eigenvalue weighted by Gasteiger charge is 2.39. The van der Waals surface area contributed by atoms with E-state index in [4.69, 9.17) is 25.4 Å². The van der Waals surface area contributed by atoms with Crippen LogP contribution in [0.1, 0.15) is 34.1 Å². The van der Waals surface area contributed by atoms with E-state index in [-0.39, 0.29) is 18.5 Å². The maximum absolute atomic E-state index is 6.07. The molecule has 1 saturated heterocycles. The molecule has 4 nitrogen and oxygen atoms in total. The van der Waals surface area contributed by atoms with Gasteiger partial charge in [-0.2, -0.15) is 0 Å². The first-order valence-corrected chi connectivity index (χ1v) is 7.42. The van der Waals surface area contributed by atoms with E-state index in [9.17, 15) is 0 Å². The van der Waals surface area contributed by atoms with E-state index >= 15 is 0 Å². The van der Waals surface area contributed by atoms with Crippen molar-refractivity contribution in [3.63, 3.8) is 0 Å². The molecular weight excluding hydrogens is 256 g/mol. The van der Waals surface area contributed by atoms with Crippen molar-refractivity contribution in [2.24, 2.45) is 17.8 Å². The molecular formula is C16H28O4. The highest BCUT2D eigenvalue weighted by Crippen LogP contribution is 2.36. The van der Waals surface area contributed by atoms with Gasteiger partial charge in [0.25, 0.3) is 0 Å². The maximum atomic E-state index is 6.07. The van der Waals surface area contributed by atoms with Gasteiger partial charge in [-0.05, 0) is 18.3 Å². The van der Waals surface area contributed by atoms with Gasteiger partial charge in [-0.1, -0.05) is 34.1 Å². The van der Waals surface area contributed by atoms with E-state index in [1.54, 1.807) is 7.11 Å². The zero-order chi connectivity index (χ0) is 15.1. The largest absolute Gasteiger partial charge is 0.439 e. The fourth-order valence-electron chi connectivity index (χ4n) is 2.74. The fourth-order valence-corrected chi connectivity index (χ4v) is 2.74. The second kappa shape index (κ2) is 8.51. The van der Waals surface area contributed by atoms with Crippen LogP contribution in [0.4, 0.5) is 0 Å². The molecule has 6 atom stereocenters. The molecule has 0 bridgehead atoms. The van der Waals surface area contributed by atoms with Crippen molar-refractivity contribution < 1.29 is 18.9 Å². The Bertz CT molecular complexity index is 310. The van der Waals surface area contributed by atoms with E-state index in [2.05, 4.69) is 33.8 Å². The number of hydrogen-bond acceptors (Lipinski definition) is 4. The van der Waals surface area contributed by atoms with Gasteiger partial charge in [0.1, 0.15) is 6.11 Å². The molecule has 0 aromatic rings. The summed E-state index contributed by atoms with van der Waals surface area (Å²) in [5, 5.41) is 0. The number of ether oxygens (including phenoxy) is 4. The molecule has 1 fully saturated rings. The monoisotopic (exact) mass is 284 g/mol. The molecule has 0 aromatic heterocycles. The Kier molecular flexibility index (Phi) is 7.36. The Balaban J connectivity index is 2.55. The van der Waals surface area contributed by atoms with Crippen molar-refractivity contribution in [1.29, 1.82) is 0 Å². The van der Waals surface area contributed by atoms with Crippen LogP contribution in [0, 0.1) is 30.3 Å². The second-order valence-corrected chi connectivity index (χ2v) is 5.67. The lowest BCUT2D eigenvalue weighted by molar-refractivity contribution is -0.255. The van der Waals surface area contributed by atoms with Crippen LogP contribution >= 0.6 is 0 Å². The van der Waals surface area contributed by atoms with Gasteiger partial charge < -0.3 is 18.9 Å². The minimum atomic E-state index is -0.254. The summed E-state index contributed by atoms with van der Waals surface area (Å²) in [6.45, 7) is 9.63. The Hall–Kier alpha value is -0.760. The fraction of sp³-hybridized carbons (Fsp3) is 0.875. The zero-order valence-electron chi connectivity index (χ0n) is 13.3. The van der Waals surface area contributed by atoms with Crippen molar-refractivity contribution in [2.45, 2.75) is 52.6 Å². The van der Waals surface area contributed by atoms with Crippen LogP contribution in [0.3, 0.4) is 0 Å². The van der Waals surface area contributed by atoms with Crippen molar-refractivity contribution >= 4 is 0 Å². The van der Waals surface area contributed by atoms with Crippen molar-refractivity contribution in [1.82, 2.24) is 0 Å². The molecule has 0 N–H and O–H groups in total. The third-order valence-electron chi connectivity index (χ3n) is 4.42. The highest BCUT2D eigenvalue weighted by atomic mass is 16.7. The molecule has 1 rings (SSSR count). The molecule has 0 spiro atoms. The molecule has 4 heteroatoms. The third kappa shape index (κ3) is 4.37. The minimum Gasteiger partial charge on any atom is -0.439 e. The summed E-state index contributed by atoms with van der Waals surface area (Å²) in [5.41, 5.74) is 0. The van der Waals surface area contributed by atoms with Crippen LogP contribution in [-0.2, 0) is 18.9 Å². The quantitative estimate of drug-likeness (QED) is 0.674. The Morgan fingerprint density at radius 1 is 1.15 bits per heavy atom. The summed E-state index contributed by atoms with van der Waals surface area (Å²) >= 11 is 0. The van der Waals surface area contributed by atoms with E-state index in [0.29, 0.717) is 31.0 Å². The van der Waals surface area contributed by atoms with Gasteiger partial charge >= 0.3 is 0 Å². The van der Waals surface area contributed by atoms with E-state index < -0.39 is 0 Å². The minimum absolute atomic E-state index is 0.202. The summed E-state index contributed by atoms with van der Waals surface area (Å²) in [4.78, 5) is 0. The molecule has 20 heavy (non-hydrogen) atoms. The van der Waals surface area contributed by atoms with Crippen LogP contribution < -0.4 is 0 Å². The zero-order valence-corrected chi connectivity index (χ0v) is 13.3. The summed E-state index contributed by atoms with van der Waals surface area (Å²) in [6, 6.07) is 0. The van der Waals surface area contributed by atoms with E-state index in [1.165, 1.54) is 0 Å². The number of hydrogen-bond donors (Lipinski definition) is 0. The lowest BCUT2D eigenvalue weighted by Gasteiger charge is -2.43. The Labute approximate surface area is 123 Å². The molecule has 1 aliphatic heterocycles. The number of rotatable bonds is 7. The highest BCUT2D eigenvalue weighted by molar-refractivity contribution is 4.82. The normalized spacial score (nSPS) is 35.3. The Morgan fingerprint density at radius 3 is 2.40 bits per heavy atom. The van der Waals surface area contributed by atoms with E-state index in [1.807, 2.05) is 0 Å². The van der Waals surface area contributed by atoms with Gasteiger partial charge in [0.15, 0.2) is 12.4 Å². The smallest absolute Gasteiger partial charge is 0.160 e. The van der Waals surface area contributed by atoms with Crippen molar-refractivity contribution in [3.05, 3.63) is 0 Å². The first kappa shape index (κ1) is 17.3. The Morgan fingerprint density at radius 2 is 1.85 bits per heavy atom.